The van der Waals surface area contributed by atoms with Crippen LogP contribution in [0.5, 0.6) is 0 Å². The Kier molecular flexibility index (Phi) is 9.36. The lowest BCUT2D eigenvalue weighted by Gasteiger charge is -2.44. The molecule has 0 aromatic rings. The first-order valence-electron chi connectivity index (χ1n) is 11.7. The highest BCUT2D eigenvalue weighted by molar-refractivity contribution is 7.99. The van der Waals surface area contributed by atoms with Crippen LogP contribution in [-0.4, -0.2) is 105 Å². The van der Waals surface area contributed by atoms with E-state index in [-0.39, 0.29) is 17.9 Å². The van der Waals surface area contributed by atoms with E-state index in [1.165, 1.54) is 11.8 Å². The molecule has 0 aromatic carbocycles. The zero-order valence-corrected chi connectivity index (χ0v) is 21.3. The number of hydrogen-bond donors (Lipinski definition) is 6. The van der Waals surface area contributed by atoms with Gasteiger partial charge in [0, 0.05) is 13.2 Å². The number of carbonyl (C=O) groups is 1. The Balaban J connectivity index is 1.68. The van der Waals surface area contributed by atoms with Crippen LogP contribution >= 0.6 is 23.4 Å². The van der Waals surface area contributed by atoms with Gasteiger partial charge in [0.2, 0.25) is 5.91 Å². The average molecular weight is 511 g/mol. The highest BCUT2D eigenvalue weighted by Crippen LogP contribution is 2.35. The van der Waals surface area contributed by atoms with Gasteiger partial charge in [0.15, 0.2) is 0 Å². The molecule has 33 heavy (non-hydrogen) atoms. The van der Waals surface area contributed by atoms with Crippen molar-refractivity contribution in [3.63, 3.8) is 0 Å². The number of fused-ring (bicyclic) bond motifs is 1. The summed E-state index contributed by atoms with van der Waals surface area (Å²) in [5.41, 5.74) is -1.50. The van der Waals surface area contributed by atoms with Crippen LogP contribution in [0, 0.1) is 11.8 Å². The quantitative estimate of drug-likeness (QED) is 0.257. The van der Waals surface area contributed by atoms with E-state index < -0.39 is 52.9 Å². The van der Waals surface area contributed by atoms with E-state index in [2.05, 4.69) is 10.6 Å². The summed E-state index contributed by atoms with van der Waals surface area (Å²) in [5, 5.41) is 46.7. The fourth-order valence-electron chi connectivity index (χ4n) is 5.36. The SMILES string of the molecule is CSC1O[C@H]([C@H](NC(=O)[C@H]2NC[C@@H]3C[C@H](CC(C)(C)O)CCO[C@H]32)[C@H](C)Cl)C(O)[C@@H](O)[C@H]1O. The van der Waals surface area contributed by atoms with Crippen LogP contribution < -0.4 is 10.6 Å². The maximum absolute atomic E-state index is 13.3. The lowest BCUT2D eigenvalue weighted by atomic mass is 9.83. The van der Waals surface area contributed by atoms with E-state index in [9.17, 15) is 25.2 Å². The molecule has 11 atom stereocenters. The van der Waals surface area contributed by atoms with Crippen LogP contribution in [0.15, 0.2) is 0 Å². The van der Waals surface area contributed by atoms with E-state index in [1.54, 1.807) is 13.2 Å². The number of alkyl halides is 1. The first kappa shape index (κ1) is 27.4. The zero-order chi connectivity index (χ0) is 24.5. The molecular weight excluding hydrogens is 472 g/mol. The molecule has 3 aliphatic heterocycles. The molecule has 2 unspecified atom stereocenters. The second kappa shape index (κ2) is 11.3. The maximum atomic E-state index is 13.3. The van der Waals surface area contributed by atoms with Gasteiger partial charge in [0.25, 0.3) is 0 Å². The molecule has 0 bridgehead atoms. The van der Waals surface area contributed by atoms with Gasteiger partial charge in [-0.15, -0.1) is 23.4 Å². The summed E-state index contributed by atoms with van der Waals surface area (Å²) < 4.78 is 11.9. The molecule has 9 nitrogen and oxygen atoms in total. The van der Waals surface area contributed by atoms with Gasteiger partial charge in [-0.3, -0.25) is 4.79 Å². The normalized spacial score (nSPS) is 41.7. The zero-order valence-electron chi connectivity index (χ0n) is 19.7. The Labute approximate surface area is 204 Å². The largest absolute Gasteiger partial charge is 0.390 e. The molecule has 3 saturated heterocycles. The van der Waals surface area contributed by atoms with E-state index in [4.69, 9.17) is 21.1 Å². The van der Waals surface area contributed by atoms with Gasteiger partial charge < -0.3 is 40.5 Å². The van der Waals surface area contributed by atoms with Crippen molar-refractivity contribution in [2.24, 2.45) is 11.8 Å². The number of hydrogen-bond acceptors (Lipinski definition) is 9. The summed E-state index contributed by atoms with van der Waals surface area (Å²) in [7, 11) is 0. The molecule has 1 amide bonds. The van der Waals surface area contributed by atoms with Gasteiger partial charge in [0.05, 0.1) is 23.1 Å². The summed E-state index contributed by atoms with van der Waals surface area (Å²) in [6.45, 7) is 6.46. The summed E-state index contributed by atoms with van der Waals surface area (Å²) in [6.07, 6.45) is -1.24. The van der Waals surface area contributed by atoms with E-state index >= 15 is 0 Å². The number of amides is 1. The number of nitrogens with one attached hydrogen (secondary N) is 2. The smallest absolute Gasteiger partial charge is 0.240 e. The standard InChI is InChI=1S/C22H39ClN2O7S/c1-10(23)13(19-16(27)15(26)17(28)21(32-19)33-4)25-20(29)14-18-12(9-24-14)7-11(5-6-31-18)8-22(2,3)30/h10-19,21,24,26-28,30H,5-9H2,1-4H3,(H,25,29)/t10-,11+,12-,13+,14-,15+,16?,17+,18+,19+,21?/m0/s1. The minimum atomic E-state index is -1.41. The van der Waals surface area contributed by atoms with Gasteiger partial charge in [-0.05, 0) is 58.1 Å². The molecular formula is C22H39ClN2O7S. The lowest BCUT2D eigenvalue weighted by Crippen LogP contribution is -2.65. The van der Waals surface area contributed by atoms with Crippen LogP contribution in [0.4, 0.5) is 0 Å². The minimum absolute atomic E-state index is 0.150. The number of carbonyl (C=O) groups excluding carboxylic acids is 1. The van der Waals surface area contributed by atoms with Crippen molar-refractivity contribution in [2.45, 2.75) is 99.1 Å². The predicted octanol–water partition coefficient (Wildman–Crippen LogP) is -0.187. The van der Waals surface area contributed by atoms with Gasteiger partial charge in [-0.2, -0.15) is 0 Å². The molecule has 11 heteroatoms. The summed E-state index contributed by atoms with van der Waals surface area (Å²) in [6, 6.07) is -1.37. The molecule has 6 N–H and O–H groups in total. The van der Waals surface area contributed by atoms with Crippen LogP contribution in [0.1, 0.15) is 40.0 Å². The van der Waals surface area contributed by atoms with Crippen molar-refractivity contribution >= 4 is 29.3 Å². The highest BCUT2D eigenvalue weighted by Gasteiger charge is 2.49. The van der Waals surface area contributed by atoms with E-state index in [1.807, 2.05) is 13.8 Å². The molecule has 3 aliphatic rings. The molecule has 0 aromatic heterocycles. The van der Waals surface area contributed by atoms with Gasteiger partial charge in [0.1, 0.15) is 35.9 Å². The monoisotopic (exact) mass is 510 g/mol. The molecule has 0 radical (unpaired) electrons. The van der Waals surface area contributed by atoms with Crippen molar-refractivity contribution < 1.29 is 34.7 Å². The Bertz CT molecular complexity index is 665. The minimum Gasteiger partial charge on any atom is -0.390 e. The van der Waals surface area contributed by atoms with Crippen molar-refractivity contribution in [1.82, 2.24) is 10.6 Å². The number of ether oxygens (including phenoxy) is 2. The molecule has 3 heterocycles. The number of rotatable bonds is 7. The third-order valence-electron chi connectivity index (χ3n) is 6.93. The second-order valence-electron chi connectivity index (χ2n) is 10.3. The molecule has 3 rings (SSSR count). The Hall–Kier alpha value is -0.170. The molecule has 3 fully saturated rings. The van der Waals surface area contributed by atoms with Crippen LogP contribution in [0.3, 0.4) is 0 Å². The van der Waals surface area contributed by atoms with E-state index in [0.717, 1.165) is 12.8 Å². The van der Waals surface area contributed by atoms with Crippen molar-refractivity contribution in [3.05, 3.63) is 0 Å². The van der Waals surface area contributed by atoms with Crippen LogP contribution in [0.2, 0.25) is 0 Å². The molecule has 0 spiro atoms. The predicted molar refractivity (Wildman–Crippen MR) is 126 cm³/mol. The van der Waals surface area contributed by atoms with Crippen molar-refractivity contribution in [3.8, 4) is 0 Å². The van der Waals surface area contributed by atoms with Gasteiger partial charge in [-0.25, -0.2) is 0 Å². The summed E-state index contributed by atoms with van der Waals surface area (Å²) in [4.78, 5) is 13.3. The third-order valence-corrected chi connectivity index (χ3v) is 8.06. The number of aliphatic hydroxyl groups is 4. The average Bonchev–Trinajstić information content (AvgIpc) is 3.01. The number of halogens is 1. The number of aliphatic hydroxyl groups excluding tert-OH is 3. The number of thioether (sulfide) groups is 1. The second-order valence-corrected chi connectivity index (χ2v) is 11.9. The Morgan fingerprint density at radius 3 is 2.58 bits per heavy atom. The van der Waals surface area contributed by atoms with Crippen molar-refractivity contribution in [1.29, 1.82) is 0 Å². The Morgan fingerprint density at radius 2 is 1.97 bits per heavy atom. The lowest BCUT2D eigenvalue weighted by molar-refractivity contribution is -0.205. The Morgan fingerprint density at radius 1 is 1.27 bits per heavy atom. The van der Waals surface area contributed by atoms with Crippen molar-refractivity contribution in [2.75, 3.05) is 19.4 Å². The highest BCUT2D eigenvalue weighted by atomic mass is 35.5. The van der Waals surface area contributed by atoms with Crippen LogP contribution in [-0.2, 0) is 14.3 Å². The van der Waals surface area contributed by atoms with E-state index in [0.29, 0.717) is 25.5 Å². The topological polar surface area (TPSA) is 141 Å². The summed E-state index contributed by atoms with van der Waals surface area (Å²) >= 11 is 7.59. The van der Waals surface area contributed by atoms with Crippen LogP contribution in [0.25, 0.3) is 0 Å². The first-order chi connectivity index (χ1) is 15.4. The fourth-order valence-corrected chi connectivity index (χ4v) is 6.25. The molecule has 192 valence electrons. The van der Waals surface area contributed by atoms with Gasteiger partial charge >= 0.3 is 0 Å². The third kappa shape index (κ3) is 6.54. The first-order valence-corrected chi connectivity index (χ1v) is 13.4. The fraction of sp³-hybridized carbons (Fsp3) is 0.955. The maximum Gasteiger partial charge on any atom is 0.240 e. The van der Waals surface area contributed by atoms with Gasteiger partial charge in [-0.1, -0.05) is 0 Å². The summed E-state index contributed by atoms with van der Waals surface area (Å²) in [5.74, 6) is 0.163. The molecule has 0 aliphatic carbocycles. The molecule has 0 saturated carbocycles.